The zero-order chi connectivity index (χ0) is 17.6. The highest BCUT2D eigenvalue weighted by Crippen LogP contribution is 2.29. The van der Waals surface area contributed by atoms with Gasteiger partial charge in [-0.05, 0) is 30.3 Å². The minimum absolute atomic E-state index is 0.199. The summed E-state index contributed by atoms with van der Waals surface area (Å²) in [7, 11) is 0. The number of fused-ring (bicyclic) bond motifs is 2. The summed E-state index contributed by atoms with van der Waals surface area (Å²) in [6.07, 6.45) is -2.94. The molecule has 0 atom stereocenters. The van der Waals surface area contributed by atoms with E-state index in [0.29, 0.717) is 17.2 Å². The Morgan fingerprint density at radius 1 is 1.08 bits per heavy atom. The summed E-state index contributed by atoms with van der Waals surface area (Å²) < 4.78 is 39.5. The summed E-state index contributed by atoms with van der Waals surface area (Å²) in [4.78, 5) is 22.1. The molecule has 25 heavy (non-hydrogen) atoms. The quantitative estimate of drug-likeness (QED) is 0.584. The van der Waals surface area contributed by atoms with E-state index in [9.17, 15) is 18.0 Å². The second-order valence-corrected chi connectivity index (χ2v) is 5.35. The molecule has 0 amide bonds. The van der Waals surface area contributed by atoms with Crippen LogP contribution in [0.15, 0.2) is 53.5 Å². The average Bonchev–Trinajstić information content (AvgIpc) is 2.98. The number of pyridine rings is 1. The molecule has 0 aliphatic rings. The fourth-order valence-electron chi connectivity index (χ4n) is 2.49. The number of hydrogen-bond acceptors (Lipinski definition) is 4. The number of alkyl halides is 3. The predicted octanol–water partition coefficient (Wildman–Crippen LogP) is 3.33. The van der Waals surface area contributed by atoms with Gasteiger partial charge in [-0.1, -0.05) is 6.07 Å². The van der Waals surface area contributed by atoms with Crippen LogP contribution in [-0.2, 0) is 6.18 Å². The number of H-pyrrole nitrogens is 1. The third-order valence-corrected chi connectivity index (χ3v) is 3.59. The summed E-state index contributed by atoms with van der Waals surface area (Å²) in [5.41, 5.74) is 1.10. The van der Waals surface area contributed by atoms with Crippen molar-refractivity contribution in [1.82, 2.24) is 19.4 Å². The molecule has 0 aliphatic heterocycles. The Kier molecular flexibility index (Phi) is 3.24. The lowest BCUT2D eigenvalue weighted by atomic mass is 10.3. The second kappa shape index (κ2) is 5.33. The van der Waals surface area contributed by atoms with Crippen LogP contribution in [0.1, 0.15) is 5.82 Å². The van der Waals surface area contributed by atoms with Gasteiger partial charge >= 0.3 is 6.18 Å². The average molecular weight is 345 g/mol. The molecule has 2 N–H and O–H groups in total. The minimum Gasteiger partial charge on any atom is -0.340 e. The van der Waals surface area contributed by atoms with Crippen molar-refractivity contribution in [2.24, 2.45) is 0 Å². The molecule has 0 aliphatic carbocycles. The van der Waals surface area contributed by atoms with Gasteiger partial charge in [0.15, 0.2) is 0 Å². The molecule has 126 valence electrons. The standard InChI is InChI=1S/C16H10F3N5O/c17-16(18,19)15-21-10-5-4-9(7-11(10)22-15)20-12-8-14(25)24-6-2-1-3-13(24)23-12/h1-8,20H,(H,21,22). The van der Waals surface area contributed by atoms with Crippen molar-refractivity contribution in [2.45, 2.75) is 6.18 Å². The number of nitrogens with zero attached hydrogens (tertiary/aromatic N) is 3. The molecule has 9 heteroatoms. The molecule has 0 unspecified atom stereocenters. The molecule has 3 aromatic heterocycles. The first-order valence-electron chi connectivity index (χ1n) is 7.22. The van der Waals surface area contributed by atoms with E-state index < -0.39 is 12.0 Å². The van der Waals surface area contributed by atoms with Crippen LogP contribution in [0.4, 0.5) is 24.7 Å². The van der Waals surface area contributed by atoms with Crippen LogP contribution >= 0.6 is 0 Å². The Labute approximate surface area is 138 Å². The number of nitrogens with one attached hydrogen (secondary N) is 2. The highest BCUT2D eigenvalue weighted by atomic mass is 19.4. The van der Waals surface area contributed by atoms with Gasteiger partial charge in [0, 0.05) is 18.0 Å². The van der Waals surface area contributed by atoms with E-state index in [1.54, 1.807) is 30.5 Å². The molecule has 6 nitrogen and oxygen atoms in total. The van der Waals surface area contributed by atoms with Crippen LogP contribution in [0.2, 0.25) is 0 Å². The lowest BCUT2D eigenvalue weighted by Gasteiger charge is -2.07. The second-order valence-electron chi connectivity index (χ2n) is 5.35. The van der Waals surface area contributed by atoms with Crippen molar-refractivity contribution in [1.29, 1.82) is 0 Å². The highest BCUT2D eigenvalue weighted by Gasteiger charge is 2.34. The van der Waals surface area contributed by atoms with E-state index in [0.717, 1.165) is 0 Å². The normalized spacial score (nSPS) is 12.0. The number of hydrogen-bond donors (Lipinski definition) is 2. The van der Waals surface area contributed by atoms with Crippen molar-refractivity contribution in [3.05, 3.63) is 64.8 Å². The topological polar surface area (TPSA) is 75.1 Å². The molecule has 0 saturated heterocycles. The van der Waals surface area contributed by atoms with Gasteiger partial charge in [0.05, 0.1) is 11.0 Å². The van der Waals surface area contributed by atoms with Gasteiger partial charge < -0.3 is 10.3 Å². The van der Waals surface area contributed by atoms with E-state index in [-0.39, 0.29) is 16.6 Å². The van der Waals surface area contributed by atoms with Crippen LogP contribution in [0.3, 0.4) is 0 Å². The number of imidazole rings is 1. The van der Waals surface area contributed by atoms with Gasteiger partial charge in [0.2, 0.25) is 5.82 Å². The lowest BCUT2D eigenvalue weighted by Crippen LogP contribution is -2.14. The summed E-state index contributed by atoms with van der Waals surface area (Å²) in [6, 6.07) is 11.0. The van der Waals surface area contributed by atoms with E-state index >= 15 is 0 Å². The molecule has 4 aromatic rings. The van der Waals surface area contributed by atoms with Crippen molar-refractivity contribution in [2.75, 3.05) is 5.32 Å². The third-order valence-electron chi connectivity index (χ3n) is 3.59. The summed E-state index contributed by atoms with van der Waals surface area (Å²) in [5, 5.41) is 2.92. The Morgan fingerprint density at radius 3 is 2.72 bits per heavy atom. The molecule has 0 fully saturated rings. The van der Waals surface area contributed by atoms with Crippen molar-refractivity contribution in [3.8, 4) is 0 Å². The van der Waals surface area contributed by atoms with E-state index in [1.807, 2.05) is 0 Å². The van der Waals surface area contributed by atoms with Crippen molar-refractivity contribution < 1.29 is 13.2 Å². The maximum absolute atomic E-state index is 12.7. The largest absolute Gasteiger partial charge is 0.449 e. The first-order chi connectivity index (χ1) is 11.9. The van der Waals surface area contributed by atoms with Crippen LogP contribution in [-0.4, -0.2) is 19.4 Å². The fourth-order valence-corrected chi connectivity index (χ4v) is 2.49. The van der Waals surface area contributed by atoms with Crippen LogP contribution < -0.4 is 10.9 Å². The molecule has 3 heterocycles. The van der Waals surface area contributed by atoms with Crippen molar-refractivity contribution in [3.63, 3.8) is 0 Å². The Morgan fingerprint density at radius 2 is 1.92 bits per heavy atom. The molecule has 0 spiro atoms. The third kappa shape index (κ3) is 2.80. The molecule has 0 saturated carbocycles. The fraction of sp³-hybridized carbons (Fsp3) is 0.0625. The van der Waals surface area contributed by atoms with Crippen LogP contribution in [0, 0.1) is 0 Å². The molecule has 0 bridgehead atoms. The summed E-state index contributed by atoms with van der Waals surface area (Å²) >= 11 is 0. The minimum atomic E-state index is -4.54. The molecule has 1 aromatic carbocycles. The monoisotopic (exact) mass is 345 g/mol. The zero-order valence-corrected chi connectivity index (χ0v) is 12.5. The van der Waals surface area contributed by atoms with Crippen molar-refractivity contribution >= 4 is 28.2 Å². The Hall–Kier alpha value is -3.36. The van der Waals surface area contributed by atoms with Gasteiger partial charge in [-0.2, -0.15) is 13.2 Å². The van der Waals surface area contributed by atoms with E-state index in [1.165, 1.54) is 22.6 Å². The molecular weight excluding hydrogens is 335 g/mol. The zero-order valence-electron chi connectivity index (χ0n) is 12.5. The molecule has 4 rings (SSSR count). The van der Waals surface area contributed by atoms with Gasteiger partial charge in [-0.25, -0.2) is 9.97 Å². The smallest absolute Gasteiger partial charge is 0.340 e. The number of rotatable bonds is 2. The first-order valence-corrected chi connectivity index (χ1v) is 7.22. The first kappa shape index (κ1) is 15.2. The Bertz CT molecular complexity index is 1150. The summed E-state index contributed by atoms with van der Waals surface area (Å²) in [5.74, 6) is -0.757. The maximum Gasteiger partial charge on any atom is 0.449 e. The van der Waals surface area contributed by atoms with E-state index in [4.69, 9.17) is 0 Å². The van der Waals surface area contributed by atoms with Gasteiger partial charge in [-0.15, -0.1) is 0 Å². The SMILES string of the molecule is O=c1cc(Nc2ccc3nc(C(F)(F)F)[nH]c3c2)nc2ccccn12. The number of halogens is 3. The highest BCUT2D eigenvalue weighted by molar-refractivity contribution is 5.80. The van der Waals surface area contributed by atoms with Crippen LogP contribution in [0.25, 0.3) is 16.7 Å². The van der Waals surface area contributed by atoms with Gasteiger partial charge in [0.1, 0.15) is 11.5 Å². The number of aromatic amines is 1. The van der Waals surface area contributed by atoms with E-state index in [2.05, 4.69) is 20.3 Å². The maximum atomic E-state index is 12.7. The molecule has 0 radical (unpaired) electrons. The predicted molar refractivity (Wildman–Crippen MR) is 85.8 cm³/mol. The molecular formula is C16H10F3N5O. The number of anilines is 2. The summed E-state index contributed by atoms with van der Waals surface area (Å²) in [6.45, 7) is 0. The van der Waals surface area contributed by atoms with Gasteiger partial charge in [0.25, 0.3) is 5.56 Å². The van der Waals surface area contributed by atoms with Crippen LogP contribution in [0.5, 0.6) is 0 Å². The van der Waals surface area contributed by atoms with Gasteiger partial charge in [-0.3, -0.25) is 9.20 Å². The number of benzene rings is 1. The number of aromatic nitrogens is 4. The lowest BCUT2D eigenvalue weighted by molar-refractivity contribution is -0.144. The Balaban J connectivity index is 1.72.